The van der Waals surface area contributed by atoms with Crippen LogP contribution in [0.4, 0.5) is 5.82 Å². The first-order valence-corrected chi connectivity index (χ1v) is 5.65. The molecular weight excluding hydrogens is 242 g/mol. The van der Waals surface area contributed by atoms with Crippen LogP contribution in [0.15, 0.2) is 36.4 Å². The summed E-state index contributed by atoms with van der Waals surface area (Å²) >= 11 is 0. The van der Waals surface area contributed by atoms with E-state index in [1.165, 1.54) is 0 Å². The predicted molar refractivity (Wildman–Crippen MR) is 70.7 cm³/mol. The number of rotatable bonds is 4. The quantitative estimate of drug-likeness (QED) is 0.905. The van der Waals surface area contributed by atoms with Crippen LogP contribution < -0.4 is 15.2 Å². The van der Waals surface area contributed by atoms with Gasteiger partial charge in [0.1, 0.15) is 24.2 Å². The van der Waals surface area contributed by atoms with Crippen molar-refractivity contribution in [3.05, 3.63) is 47.5 Å². The maximum Gasteiger partial charge on any atom is 0.215 e. The van der Waals surface area contributed by atoms with Crippen molar-refractivity contribution in [2.45, 2.75) is 6.61 Å². The summed E-state index contributed by atoms with van der Waals surface area (Å²) in [6.07, 6.45) is 0. The molecule has 2 N–H and O–H groups in total. The molecule has 0 spiro atoms. The molecule has 1 aromatic carbocycles. The molecule has 0 saturated heterocycles. The summed E-state index contributed by atoms with van der Waals surface area (Å²) in [6.45, 7) is 0.377. The van der Waals surface area contributed by atoms with Crippen molar-refractivity contribution in [1.82, 2.24) is 4.98 Å². The zero-order valence-electron chi connectivity index (χ0n) is 10.5. The fraction of sp³-hybridized carbons (Fsp3) is 0.143. The van der Waals surface area contributed by atoms with Gasteiger partial charge < -0.3 is 15.2 Å². The Morgan fingerprint density at radius 3 is 2.53 bits per heavy atom. The predicted octanol–water partition coefficient (Wildman–Crippen LogP) is 2.12. The first-order chi connectivity index (χ1) is 9.22. The van der Waals surface area contributed by atoms with E-state index >= 15 is 0 Å². The van der Waals surface area contributed by atoms with E-state index in [0.29, 0.717) is 18.1 Å². The van der Waals surface area contributed by atoms with Crippen molar-refractivity contribution < 1.29 is 9.47 Å². The Kier molecular flexibility index (Phi) is 3.84. The molecule has 0 unspecified atom stereocenters. The number of nitrogens with two attached hydrogens (primary N) is 1. The number of hydrogen-bond acceptors (Lipinski definition) is 5. The maximum atomic E-state index is 8.74. The van der Waals surface area contributed by atoms with Gasteiger partial charge in [-0.2, -0.15) is 10.2 Å². The topological polar surface area (TPSA) is 81.2 Å². The molecule has 2 aromatic rings. The average molecular weight is 255 g/mol. The van der Waals surface area contributed by atoms with Crippen molar-refractivity contribution in [3.8, 4) is 17.7 Å². The van der Waals surface area contributed by atoms with Crippen LogP contribution in [0.3, 0.4) is 0 Å². The van der Waals surface area contributed by atoms with E-state index in [2.05, 4.69) is 4.98 Å². The third-order valence-corrected chi connectivity index (χ3v) is 2.57. The standard InChI is InChI=1S/C14H13N3O2/c1-18-12-5-2-10(3-6-12)9-19-13-7-4-11(8-15)14(16)17-13/h2-7H,9H2,1H3,(H2,16,17). The number of nitrogen functional groups attached to an aromatic ring is 1. The molecule has 1 heterocycles. The van der Waals surface area contributed by atoms with Gasteiger partial charge >= 0.3 is 0 Å². The minimum Gasteiger partial charge on any atom is -0.497 e. The summed E-state index contributed by atoms with van der Waals surface area (Å²) in [7, 11) is 1.62. The van der Waals surface area contributed by atoms with Gasteiger partial charge in [0.25, 0.3) is 0 Å². The minimum absolute atomic E-state index is 0.176. The lowest BCUT2D eigenvalue weighted by Gasteiger charge is -2.07. The van der Waals surface area contributed by atoms with Crippen LogP contribution in [0.5, 0.6) is 11.6 Å². The highest BCUT2D eigenvalue weighted by Gasteiger charge is 2.03. The Morgan fingerprint density at radius 2 is 1.95 bits per heavy atom. The van der Waals surface area contributed by atoms with Crippen molar-refractivity contribution in [3.63, 3.8) is 0 Å². The van der Waals surface area contributed by atoms with Crippen molar-refractivity contribution >= 4 is 5.82 Å². The number of nitrogens with zero attached hydrogens (tertiary/aromatic N) is 2. The molecule has 0 aliphatic rings. The third-order valence-electron chi connectivity index (χ3n) is 2.57. The number of benzene rings is 1. The smallest absolute Gasteiger partial charge is 0.215 e. The third kappa shape index (κ3) is 3.13. The molecule has 0 atom stereocenters. The Hall–Kier alpha value is -2.74. The zero-order valence-corrected chi connectivity index (χ0v) is 10.5. The molecular formula is C14H13N3O2. The number of aromatic nitrogens is 1. The normalized spacial score (nSPS) is 9.68. The van der Waals surface area contributed by atoms with Crippen molar-refractivity contribution in [2.75, 3.05) is 12.8 Å². The molecule has 5 heteroatoms. The maximum absolute atomic E-state index is 8.74. The number of pyridine rings is 1. The van der Waals surface area contributed by atoms with Gasteiger partial charge in [-0.3, -0.25) is 0 Å². The highest BCUT2D eigenvalue weighted by Crippen LogP contribution is 2.16. The van der Waals surface area contributed by atoms with E-state index in [-0.39, 0.29) is 5.82 Å². The lowest BCUT2D eigenvalue weighted by molar-refractivity contribution is 0.294. The minimum atomic E-state index is 0.176. The molecule has 0 bridgehead atoms. The summed E-state index contributed by atoms with van der Waals surface area (Å²) < 4.78 is 10.6. The highest BCUT2D eigenvalue weighted by atomic mass is 16.5. The Morgan fingerprint density at radius 1 is 1.21 bits per heavy atom. The first-order valence-electron chi connectivity index (χ1n) is 5.65. The van der Waals surface area contributed by atoms with Crippen LogP contribution in [0.25, 0.3) is 0 Å². The second-order valence-corrected chi connectivity index (χ2v) is 3.83. The molecule has 0 radical (unpaired) electrons. The summed E-state index contributed by atoms with van der Waals surface area (Å²) in [4.78, 5) is 4.00. The number of methoxy groups -OCH3 is 1. The second kappa shape index (κ2) is 5.74. The Balaban J connectivity index is 2.02. The summed E-state index contributed by atoms with van der Waals surface area (Å²) in [6, 6.07) is 12.7. The lowest BCUT2D eigenvalue weighted by atomic mass is 10.2. The van der Waals surface area contributed by atoms with E-state index in [0.717, 1.165) is 11.3 Å². The lowest BCUT2D eigenvalue weighted by Crippen LogP contribution is -2.00. The van der Waals surface area contributed by atoms with E-state index in [1.54, 1.807) is 19.2 Å². The van der Waals surface area contributed by atoms with Crippen LogP contribution in [-0.4, -0.2) is 12.1 Å². The van der Waals surface area contributed by atoms with E-state index in [9.17, 15) is 0 Å². The Bertz CT molecular complexity index is 603. The van der Waals surface area contributed by atoms with Gasteiger partial charge in [0.05, 0.1) is 12.7 Å². The van der Waals surface area contributed by atoms with Gasteiger partial charge in [0.2, 0.25) is 5.88 Å². The zero-order chi connectivity index (χ0) is 13.7. The van der Waals surface area contributed by atoms with Crippen LogP contribution in [0, 0.1) is 11.3 Å². The van der Waals surface area contributed by atoms with Crippen LogP contribution in [0.1, 0.15) is 11.1 Å². The molecule has 19 heavy (non-hydrogen) atoms. The molecule has 0 aliphatic heterocycles. The fourth-order valence-corrected chi connectivity index (χ4v) is 1.51. The molecule has 0 amide bonds. The Labute approximate surface area is 111 Å². The number of ether oxygens (including phenoxy) is 2. The first kappa shape index (κ1) is 12.7. The summed E-state index contributed by atoms with van der Waals surface area (Å²) in [5, 5.41) is 8.74. The molecule has 0 saturated carbocycles. The van der Waals surface area contributed by atoms with Gasteiger partial charge in [-0.15, -0.1) is 0 Å². The van der Waals surface area contributed by atoms with Crippen molar-refractivity contribution in [2.24, 2.45) is 0 Å². The largest absolute Gasteiger partial charge is 0.497 e. The molecule has 2 rings (SSSR count). The van der Waals surface area contributed by atoms with Crippen LogP contribution in [-0.2, 0) is 6.61 Å². The number of anilines is 1. The molecule has 0 fully saturated rings. The van der Waals surface area contributed by atoms with Gasteiger partial charge in [-0.25, -0.2) is 0 Å². The fourth-order valence-electron chi connectivity index (χ4n) is 1.51. The van der Waals surface area contributed by atoms with E-state index in [4.69, 9.17) is 20.5 Å². The highest BCUT2D eigenvalue weighted by molar-refractivity contribution is 5.49. The average Bonchev–Trinajstić information content (AvgIpc) is 2.46. The summed E-state index contributed by atoms with van der Waals surface area (Å²) in [5.74, 6) is 1.37. The van der Waals surface area contributed by atoms with Gasteiger partial charge in [0, 0.05) is 6.07 Å². The molecule has 96 valence electrons. The second-order valence-electron chi connectivity index (χ2n) is 3.83. The molecule has 1 aromatic heterocycles. The van der Waals surface area contributed by atoms with Crippen LogP contribution in [0.2, 0.25) is 0 Å². The number of hydrogen-bond donors (Lipinski definition) is 1. The summed E-state index contributed by atoms with van der Waals surface area (Å²) in [5.41, 5.74) is 6.94. The van der Waals surface area contributed by atoms with E-state index in [1.807, 2.05) is 30.3 Å². The molecule has 0 aliphatic carbocycles. The monoisotopic (exact) mass is 255 g/mol. The van der Waals surface area contributed by atoms with Gasteiger partial charge in [0.15, 0.2) is 0 Å². The van der Waals surface area contributed by atoms with Gasteiger partial charge in [-0.05, 0) is 23.8 Å². The van der Waals surface area contributed by atoms with Crippen molar-refractivity contribution in [1.29, 1.82) is 5.26 Å². The van der Waals surface area contributed by atoms with Crippen LogP contribution >= 0.6 is 0 Å². The van der Waals surface area contributed by atoms with Gasteiger partial charge in [-0.1, -0.05) is 12.1 Å². The van der Waals surface area contributed by atoms with E-state index < -0.39 is 0 Å². The SMILES string of the molecule is COc1ccc(COc2ccc(C#N)c(N)n2)cc1. The molecule has 5 nitrogen and oxygen atoms in total. The number of nitriles is 1.